The SMILES string of the molecule is Bc1ccc(-c2cnc3c(c2)c(O)c(C(=O)NC=C)c(=O)n3CC(/C=C\C=C)=C/C)cc1. The summed E-state index contributed by atoms with van der Waals surface area (Å²) in [6, 6.07) is 9.60. The Morgan fingerprint density at radius 3 is 2.59 bits per heavy atom. The summed E-state index contributed by atoms with van der Waals surface area (Å²) < 4.78 is 1.38. The highest BCUT2D eigenvalue weighted by atomic mass is 16.3. The van der Waals surface area contributed by atoms with Crippen LogP contribution in [0.25, 0.3) is 22.2 Å². The topological polar surface area (TPSA) is 84.2 Å². The first kappa shape index (κ1) is 22.6. The first-order valence-corrected chi connectivity index (χ1v) is 10.1. The molecule has 2 aromatic heterocycles. The third kappa shape index (κ3) is 4.47. The highest BCUT2D eigenvalue weighted by Crippen LogP contribution is 2.30. The summed E-state index contributed by atoms with van der Waals surface area (Å²) in [5, 5.41) is 13.6. The molecular weight excluding hydrogens is 401 g/mol. The van der Waals surface area contributed by atoms with Crippen molar-refractivity contribution in [2.45, 2.75) is 13.5 Å². The molecule has 6 nitrogen and oxygen atoms in total. The number of benzene rings is 1. The van der Waals surface area contributed by atoms with E-state index in [-0.39, 0.29) is 17.8 Å². The van der Waals surface area contributed by atoms with Crippen molar-refractivity contribution in [3.63, 3.8) is 0 Å². The molecular formula is C25H24BN3O3. The van der Waals surface area contributed by atoms with Crippen molar-refractivity contribution in [2.75, 3.05) is 0 Å². The van der Waals surface area contributed by atoms with Crippen LogP contribution in [0.2, 0.25) is 0 Å². The number of nitrogens with one attached hydrogen (secondary N) is 1. The van der Waals surface area contributed by atoms with E-state index in [1.54, 1.807) is 24.4 Å². The van der Waals surface area contributed by atoms with Crippen molar-refractivity contribution in [3.05, 3.63) is 102 Å². The molecule has 2 heterocycles. The lowest BCUT2D eigenvalue weighted by Gasteiger charge is -2.15. The Labute approximate surface area is 187 Å². The molecule has 160 valence electrons. The summed E-state index contributed by atoms with van der Waals surface area (Å²) in [6.07, 6.45) is 9.90. The van der Waals surface area contributed by atoms with Crippen molar-refractivity contribution in [1.82, 2.24) is 14.9 Å². The molecule has 3 aromatic rings. The minimum atomic E-state index is -0.734. The number of pyridine rings is 2. The molecule has 0 spiro atoms. The number of carbonyl (C=O) groups excluding carboxylic acids is 1. The summed E-state index contributed by atoms with van der Waals surface area (Å²) in [7, 11) is 2.00. The molecule has 0 fully saturated rings. The molecule has 1 aromatic carbocycles. The van der Waals surface area contributed by atoms with Crippen molar-refractivity contribution in [2.24, 2.45) is 0 Å². The number of allylic oxidation sites excluding steroid dienone is 5. The van der Waals surface area contributed by atoms with E-state index in [1.807, 2.05) is 51.2 Å². The maximum atomic E-state index is 13.2. The molecule has 0 saturated heterocycles. The molecule has 0 aliphatic heterocycles. The van der Waals surface area contributed by atoms with Crippen molar-refractivity contribution >= 4 is 30.2 Å². The highest BCUT2D eigenvalue weighted by Gasteiger charge is 2.23. The minimum absolute atomic E-state index is 0.168. The van der Waals surface area contributed by atoms with Crippen LogP contribution in [0.1, 0.15) is 17.3 Å². The maximum Gasteiger partial charge on any atom is 0.269 e. The third-order valence-electron chi connectivity index (χ3n) is 5.08. The average molecular weight is 425 g/mol. The van der Waals surface area contributed by atoms with Crippen LogP contribution in [0.5, 0.6) is 5.75 Å². The smallest absolute Gasteiger partial charge is 0.269 e. The van der Waals surface area contributed by atoms with Gasteiger partial charge in [-0.05, 0) is 30.3 Å². The standard InChI is InChI=1S/C25H24BN3O3/c1-4-7-8-16(5-2)15-29-23-20(22(30)21(25(29)32)24(31)27-6-3)13-18(14-28-23)17-9-11-19(26)12-10-17/h4-14,30H,1,3,15,26H2,2H3,(H,27,31)/b8-7-,16-5+. The summed E-state index contributed by atoms with van der Waals surface area (Å²) in [6.45, 7) is 9.15. The van der Waals surface area contributed by atoms with Crippen LogP contribution in [0.4, 0.5) is 0 Å². The van der Waals surface area contributed by atoms with Crippen LogP contribution >= 0.6 is 0 Å². The van der Waals surface area contributed by atoms with E-state index in [9.17, 15) is 14.7 Å². The Hall–Kier alpha value is -4.13. The monoisotopic (exact) mass is 425 g/mol. The molecule has 32 heavy (non-hydrogen) atoms. The number of aromatic hydroxyl groups is 1. The highest BCUT2D eigenvalue weighted by molar-refractivity contribution is 6.32. The number of hydrogen-bond donors (Lipinski definition) is 2. The van der Waals surface area contributed by atoms with E-state index in [0.29, 0.717) is 5.39 Å². The van der Waals surface area contributed by atoms with E-state index < -0.39 is 17.2 Å². The van der Waals surface area contributed by atoms with E-state index >= 15 is 0 Å². The first-order chi connectivity index (χ1) is 15.4. The second kappa shape index (κ2) is 9.79. The molecule has 0 atom stereocenters. The largest absolute Gasteiger partial charge is 0.506 e. The quantitative estimate of drug-likeness (QED) is 0.450. The zero-order valence-corrected chi connectivity index (χ0v) is 18.1. The predicted octanol–water partition coefficient (Wildman–Crippen LogP) is 2.59. The number of hydrogen-bond acceptors (Lipinski definition) is 4. The van der Waals surface area contributed by atoms with Gasteiger partial charge < -0.3 is 10.4 Å². The Kier molecular flexibility index (Phi) is 6.90. The first-order valence-electron chi connectivity index (χ1n) is 10.1. The zero-order chi connectivity index (χ0) is 23.3. The number of aromatic nitrogens is 2. The van der Waals surface area contributed by atoms with Crippen molar-refractivity contribution in [3.8, 4) is 16.9 Å². The molecule has 0 aliphatic rings. The number of amides is 1. The second-order valence-electron chi connectivity index (χ2n) is 7.21. The van der Waals surface area contributed by atoms with E-state index in [4.69, 9.17) is 0 Å². The molecule has 0 saturated carbocycles. The summed E-state index contributed by atoms with van der Waals surface area (Å²) in [5.41, 5.74) is 2.88. The van der Waals surface area contributed by atoms with E-state index in [1.165, 1.54) is 10.8 Å². The minimum Gasteiger partial charge on any atom is -0.506 e. The molecule has 0 radical (unpaired) electrons. The third-order valence-corrected chi connectivity index (χ3v) is 5.08. The average Bonchev–Trinajstić information content (AvgIpc) is 2.79. The van der Waals surface area contributed by atoms with Gasteiger partial charge in [0.1, 0.15) is 24.8 Å². The Bertz CT molecular complexity index is 1320. The van der Waals surface area contributed by atoms with Crippen LogP contribution < -0.4 is 16.3 Å². The van der Waals surface area contributed by atoms with Gasteiger partial charge in [-0.3, -0.25) is 14.2 Å². The normalized spacial score (nSPS) is 11.6. The van der Waals surface area contributed by atoms with Gasteiger partial charge in [-0.2, -0.15) is 0 Å². The Balaban J connectivity index is 2.30. The number of nitrogens with zero attached hydrogens (tertiary/aromatic N) is 2. The van der Waals surface area contributed by atoms with Gasteiger partial charge in [-0.25, -0.2) is 4.98 Å². The van der Waals surface area contributed by atoms with Crippen LogP contribution in [-0.2, 0) is 6.54 Å². The number of fused-ring (bicyclic) bond motifs is 1. The maximum absolute atomic E-state index is 13.2. The lowest BCUT2D eigenvalue weighted by Crippen LogP contribution is -2.32. The van der Waals surface area contributed by atoms with Crippen LogP contribution in [0.15, 0.2) is 90.6 Å². The van der Waals surface area contributed by atoms with Crippen LogP contribution in [0.3, 0.4) is 0 Å². The van der Waals surface area contributed by atoms with Gasteiger partial charge in [0.25, 0.3) is 11.5 Å². The van der Waals surface area contributed by atoms with Crippen LogP contribution in [0, 0.1) is 0 Å². The lowest BCUT2D eigenvalue weighted by molar-refractivity contribution is 0.0966. The van der Waals surface area contributed by atoms with E-state index in [2.05, 4.69) is 23.5 Å². The molecule has 3 rings (SSSR count). The summed E-state index contributed by atoms with van der Waals surface area (Å²) >= 11 is 0. The molecule has 0 aliphatic carbocycles. The van der Waals surface area contributed by atoms with Gasteiger partial charge in [0.05, 0.1) is 11.9 Å². The van der Waals surface area contributed by atoms with Gasteiger partial charge in [0.2, 0.25) is 0 Å². The van der Waals surface area contributed by atoms with E-state index in [0.717, 1.165) is 22.2 Å². The van der Waals surface area contributed by atoms with Gasteiger partial charge >= 0.3 is 0 Å². The fourth-order valence-electron chi connectivity index (χ4n) is 3.35. The Morgan fingerprint density at radius 2 is 1.97 bits per heavy atom. The summed E-state index contributed by atoms with van der Waals surface area (Å²) in [5.74, 6) is -1.15. The van der Waals surface area contributed by atoms with Crippen LogP contribution in [-0.4, -0.2) is 28.4 Å². The number of rotatable bonds is 7. The van der Waals surface area contributed by atoms with Crippen molar-refractivity contribution in [1.29, 1.82) is 0 Å². The van der Waals surface area contributed by atoms with Gasteiger partial charge in [0.15, 0.2) is 0 Å². The van der Waals surface area contributed by atoms with Crippen molar-refractivity contribution < 1.29 is 9.90 Å². The molecule has 0 unspecified atom stereocenters. The molecule has 2 N–H and O–H groups in total. The molecule has 0 bridgehead atoms. The lowest BCUT2D eigenvalue weighted by atomic mass is 9.94. The summed E-state index contributed by atoms with van der Waals surface area (Å²) in [4.78, 5) is 30.3. The van der Waals surface area contributed by atoms with Gasteiger partial charge in [0, 0.05) is 11.8 Å². The number of carbonyl (C=O) groups is 1. The van der Waals surface area contributed by atoms with Gasteiger partial charge in [-0.1, -0.05) is 67.2 Å². The zero-order valence-electron chi connectivity index (χ0n) is 18.1. The van der Waals surface area contributed by atoms with Gasteiger partial charge in [-0.15, -0.1) is 0 Å². The molecule has 1 amide bonds. The molecule has 7 heteroatoms. The fourth-order valence-corrected chi connectivity index (χ4v) is 3.35. The fraction of sp³-hybridized carbons (Fsp3) is 0.0800. The predicted molar refractivity (Wildman–Crippen MR) is 132 cm³/mol. The Morgan fingerprint density at radius 1 is 1.25 bits per heavy atom. The second-order valence-corrected chi connectivity index (χ2v) is 7.21.